The Morgan fingerprint density at radius 2 is 2.17 bits per heavy atom. The Morgan fingerprint density at radius 3 is 2.58 bits per heavy atom. The van der Waals surface area contributed by atoms with E-state index in [-0.39, 0.29) is 11.6 Å². The lowest BCUT2D eigenvalue weighted by Crippen LogP contribution is -2.24. The van der Waals surface area contributed by atoms with Crippen LogP contribution < -0.4 is 0 Å². The lowest BCUT2D eigenvalue weighted by Gasteiger charge is -2.19. The SMILES string of the molecule is CC(C)(C)OC(=O)C1=CCCC1. The highest BCUT2D eigenvalue weighted by molar-refractivity contribution is 5.89. The van der Waals surface area contributed by atoms with Crippen molar-refractivity contribution in [2.24, 2.45) is 0 Å². The van der Waals surface area contributed by atoms with Crippen molar-refractivity contribution >= 4 is 5.97 Å². The zero-order valence-corrected chi connectivity index (χ0v) is 8.02. The van der Waals surface area contributed by atoms with E-state index in [9.17, 15) is 4.79 Å². The van der Waals surface area contributed by atoms with Crippen LogP contribution in [0, 0.1) is 0 Å². The molecular formula is C10H16O2. The van der Waals surface area contributed by atoms with E-state index in [0.29, 0.717) is 0 Å². The Morgan fingerprint density at radius 1 is 1.50 bits per heavy atom. The minimum Gasteiger partial charge on any atom is -0.457 e. The Hall–Kier alpha value is -0.790. The van der Waals surface area contributed by atoms with Crippen LogP contribution in [-0.2, 0) is 9.53 Å². The molecule has 0 radical (unpaired) electrons. The van der Waals surface area contributed by atoms with Crippen molar-refractivity contribution in [3.8, 4) is 0 Å². The fourth-order valence-electron chi connectivity index (χ4n) is 1.20. The number of ether oxygens (including phenoxy) is 1. The maximum absolute atomic E-state index is 11.4. The van der Waals surface area contributed by atoms with E-state index in [4.69, 9.17) is 4.74 Å². The first-order valence-corrected chi connectivity index (χ1v) is 4.41. The number of allylic oxidation sites excluding steroid dienone is 1. The second-order valence-corrected chi connectivity index (χ2v) is 4.12. The zero-order valence-electron chi connectivity index (χ0n) is 8.02. The Bertz CT molecular complexity index is 208. The van der Waals surface area contributed by atoms with Gasteiger partial charge in [-0.1, -0.05) is 6.08 Å². The number of hydrogen-bond acceptors (Lipinski definition) is 2. The summed E-state index contributed by atoms with van der Waals surface area (Å²) in [5, 5.41) is 0. The minimum atomic E-state index is -0.361. The summed E-state index contributed by atoms with van der Waals surface area (Å²) in [6, 6.07) is 0. The largest absolute Gasteiger partial charge is 0.457 e. The van der Waals surface area contributed by atoms with Crippen LogP contribution in [0.3, 0.4) is 0 Å². The molecule has 0 saturated heterocycles. The lowest BCUT2D eigenvalue weighted by atomic mass is 10.2. The summed E-state index contributed by atoms with van der Waals surface area (Å²) in [4.78, 5) is 11.4. The third kappa shape index (κ3) is 2.68. The molecule has 0 N–H and O–H groups in total. The van der Waals surface area contributed by atoms with Crippen LogP contribution in [-0.4, -0.2) is 11.6 Å². The highest BCUT2D eigenvalue weighted by atomic mass is 16.6. The van der Waals surface area contributed by atoms with Gasteiger partial charge in [-0.2, -0.15) is 0 Å². The Balaban J connectivity index is 2.49. The van der Waals surface area contributed by atoms with Gasteiger partial charge >= 0.3 is 5.97 Å². The molecule has 0 saturated carbocycles. The summed E-state index contributed by atoms with van der Waals surface area (Å²) >= 11 is 0. The van der Waals surface area contributed by atoms with Crippen molar-refractivity contribution in [2.45, 2.75) is 45.6 Å². The molecule has 0 atom stereocenters. The van der Waals surface area contributed by atoms with E-state index in [1.807, 2.05) is 26.8 Å². The van der Waals surface area contributed by atoms with Gasteiger partial charge in [0.1, 0.15) is 5.60 Å². The summed E-state index contributed by atoms with van der Waals surface area (Å²) in [6.45, 7) is 5.67. The molecule has 12 heavy (non-hydrogen) atoms. The Labute approximate surface area is 73.6 Å². The normalized spacial score (nSPS) is 17.4. The Kier molecular flexibility index (Phi) is 2.55. The number of carbonyl (C=O) groups is 1. The monoisotopic (exact) mass is 168 g/mol. The van der Waals surface area contributed by atoms with Crippen molar-refractivity contribution in [2.75, 3.05) is 0 Å². The van der Waals surface area contributed by atoms with Crippen LogP contribution >= 0.6 is 0 Å². The van der Waals surface area contributed by atoms with E-state index in [2.05, 4.69) is 0 Å². The van der Waals surface area contributed by atoms with Crippen molar-refractivity contribution in [3.05, 3.63) is 11.6 Å². The summed E-state index contributed by atoms with van der Waals surface area (Å²) in [7, 11) is 0. The molecular weight excluding hydrogens is 152 g/mol. The first-order chi connectivity index (χ1) is 5.49. The van der Waals surface area contributed by atoms with Crippen molar-refractivity contribution < 1.29 is 9.53 Å². The van der Waals surface area contributed by atoms with Gasteiger partial charge in [0.25, 0.3) is 0 Å². The second kappa shape index (κ2) is 3.30. The molecule has 0 amide bonds. The predicted molar refractivity (Wildman–Crippen MR) is 47.8 cm³/mol. The van der Waals surface area contributed by atoms with Crippen LogP contribution in [0.1, 0.15) is 40.0 Å². The summed E-state index contributed by atoms with van der Waals surface area (Å²) in [5.41, 5.74) is 0.491. The molecule has 0 fully saturated rings. The van der Waals surface area contributed by atoms with Gasteiger partial charge in [-0.15, -0.1) is 0 Å². The highest BCUT2D eigenvalue weighted by Crippen LogP contribution is 2.21. The molecule has 1 aliphatic carbocycles. The molecule has 68 valence electrons. The number of esters is 1. The summed E-state index contributed by atoms with van der Waals surface area (Å²) in [5.74, 6) is -0.139. The number of hydrogen-bond donors (Lipinski definition) is 0. The molecule has 0 unspecified atom stereocenters. The second-order valence-electron chi connectivity index (χ2n) is 4.12. The van der Waals surface area contributed by atoms with Gasteiger partial charge in [0, 0.05) is 5.57 Å². The quantitative estimate of drug-likeness (QED) is 0.562. The number of rotatable bonds is 1. The zero-order chi connectivity index (χ0) is 9.19. The van der Waals surface area contributed by atoms with Gasteiger partial charge in [0.05, 0.1) is 0 Å². The van der Waals surface area contributed by atoms with Gasteiger partial charge in [-0.05, 0) is 40.0 Å². The molecule has 0 heterocycles. The molecule has 0 aromatic heterocycles. The van der Waals surface area contributed by atoms with Gasteiger partial charge < -0.3 is 4.74 Å². The van der Waals surface area contributed by atoms with Crippen LogP contribution in [0.25, 0.3) is 0 Å². The standard InChI is InChI=1S/C10H16O2/c1-10(2,3)12-9(11)8-6-4-5-7-8/h6H,4-5,7H2,1-3H3. The predicted octanol–water partition coefficient (Wildman–Crippen LogP) is 2.44. The third-order valence-corrected chi connectivity index (χ3v) is 1.70. The van der Waals surface area contributed by atoms with Crippen molar-refractivity contribution in [3.63, 3.8) is 0 Å². The maximum Gasteiger partial charge on any atom is 0.334 e. The van der Waals surface area contributed by atoms with Gasteiger partial charge in [0.15, 0.2) is 0 Å². The van der Waals surface area contributed by atoms with E-state index in [1.165, 1.54) is 0 Å². The van der Waals surface area contributed by atoms with Crippen LogP contribution in [0.2, 0.25) is 0 Å². The molecule has 1 rings (SSSR count). The maximum atomic E-state index is 11.4. The fraction of sp³-hybridized carbons (Fsp3) is 0.700. The van der Waals surface area contributed by atoms with Crippen LogP contribution in [0.15, 0.2) is 11.6 Å². The topological polar surface area (TPSA) is 26.3 Å². The fourth-order valence-corrected chi connectivity index (χ4v) is 1.20. The van der Waals surface area contributed by atoms with Crippen molar-refractivity contribution in [1.29, 1.82) is 0 Å². The molecule has 0 spiro atoms. The van der Waals surface area contributed by atoms with E-state index < -0.39 is 0 Å². The van der Waals surface area contributed by atoms with E-state index in [0.717, 1.165) is 24.8 Å². The molecule has 0 aromatic carbocycles. The van der Waals surface area contributed by atoms with Gasteiger partial charge in [-0.25, -0.2) is 4.79 Å². The molecule has 1 aliphatic rings. The first-order valence-electron chi connectivity index (χ1n) is 4.41. The van der Waals surface area contributed by atoms with Gasteiger partial charge in [0.2, 0.25) is 0 Å². The average Bonchev–Trinajstić information content (AvgIpc) is 2.32. The van der Waals surface area contributed by atoms with Crippen LogP contribution in [0.5, 0.6) is 0 Å². The first kappa shape index (κ1) is 9.30. The van der Waals surface area contributed by atoms with Crippen LogP contribution in [0.4, 0.5) is 0 Å². The van der Waals surface area contributed by atoms with Gasteiger partial charge in [-0.3, -0.25) is 0 Å². The van der Waals surface area contributed by atoms with E-state index >= 15 is 0 Å². The minimum absolute atomic E-state index is 0.139. The highest BCUT2D eigenvalue weighted by Gasteiger charge is 2.20. The van der Waals surface area contributed by atoms with Crippen molar-refractivity contribution in [1.82, 2.24) is 0 Å². The molecule has 2 heteroatoms. The smallest absolute Gasteiger partial charge is 0.334 e. The number of carbonyl (C=O) groups excluding carboxylic acids is 1. The summed E-state index contributed by atoms with van der Waals surface area (Å²) in [6.07, 6.45) is 4.98. The lowest BCUT2D eigenvalue weighted by molar-refractivity contribution is -0.149. The molecule has 2 nitrogen and oxygen atoms in total. The average molecular weight is 168 g/mol. The third-order valence-electron chi connectivity index (χ3n) is 1.70. The molecule has 0 aromatic rings. The summed E-state index contributed by atoms with van der Waals surface area (Å²) < 4.78 is 5.21. The van der Waals surface area contributed by atoms with E-state index in [1.54, 1.807) is 0 Å². The molecule has 0 aliphatic heterocycles. The molecule has 0 bridgehead atoms.